The summed E-state index contributed by atoms with van der Waals surface area (Å²) < 4.78 is 10.4. The number of esters is 1. The normalized spacial score (nSPS) is 10.2. The molecule has 2 rings (SSSR count). The second-order valence-electron chi connectivity index (χ2n) is 4.03. The highest BCUT2D eigenvalue weighted by molar-refractivity contribution is 9.10. The van der Waals surface area contributed by atoms with Crippen LogP contribution >= 0.6 is 15.9 Å². The van der Waals surface area contributed by atoms with Gasteiger partial charge in [0.2, 0.25) is 0 Å². The van der Waals surface area contributed by atoms with Gasteiger partial charge in [-0.05, 0) is 27.6 Å². The Labute approximate surface area is 125 Å². The zero-order valence-corrected chi connectivity index (χ0v) is 12.6. The third-order valence-corrected chi connectivity index (χ3v) is 3.68. The summed E-state index contributed by atoms with van der Waals surface area (Å²) >= 11 is 3.40. The van der Waals surface area contributed by atoms with E-state index in [2.05, 4.69) is 20.7 Å². The standard InChI is InChI=1S/C15H13BrO4/c1-19-14-12(16)10(9-6-4-3-5-7-9)8-11(13(14)17)15(18)20-2/h3-8,17H,1-2H3. The van der Waals surface area contributed by atoms with E-state index in [0.29, 0.717) is 4.47 Å². The summed E-state index contributed by atoms with van der Waals surface area (Å²) in [5.41, 5.74) is 1.69. The van der Waals surface area contributed by atoms with Crippen LogP contribution in [0.4, 0.5) is 0 Å². The van der Waals surface area contributed by atoms with Crippen LogP contribution in [0.15, 0.2) is 40.9 Å². The lowest BCUT2D eigenvalue weighted by Gasteiger charge is -2.14. The van der Waals surface area contributed by atoms with E-state index in [9.17, 15) is 9.90 Å². The average molecular weight is 337 g/mol. The maximum Gasteiger partial charge on any atom is 0.341 e. The van der Waals surface area contributed by atoms with Crippen molar-refractivity contribution in [3.05, 3.63) is 46.4 Å². The van der Waals surface area contributed by atoms with E-state index in [0.717, 1.165) is 11.1 Å². The van der Waals surface area contributed by atoms with Gasteiger partial charge >= 0.3 is 5.97 Å². The van der Waals surface area contributed by atoms with Crippen LogP contribution in [0.3, 0.4) is 0 Å². The van der Waals surface area contributed by atoms with Crippen molar-refractivity contribution in [1.29, 1.82) is 0 Å². The van der Waals surface area contributed by atoms with Crippen molar-refractivity contribution in [1.82, 2.24) is 0 Å². The zero-order chi connectivity index (χ0) is 14.7. The van der Waals surface area contributed by atoms with Gasteiger partial charge in [0.15, 0.2) is 11.5 Å². The maximum absolute atomic E-state index is 11.7. The first-order valence-corrected chi connectivity index (χ1v) is 6.62. The minimum Gasteiger partial charge on any atom is -0.504 e. The summed E-state index contributed by atoms with van der Waals surface area (Å²) in [4.78, 5) is 11.7. The van der Waals surface area contributed by atoms with Crippen molar-refractivity contribution in [2.45, 2.75) is 0 Å². The fourth-order valence-corrected chi connectivity index (χ4v) is 2.60. The zero-order valence-electron chi connectivity index (χ0n) is 11.0. The lowest BCUT2D eigenvalue weighted by atomic mass is 10.0. The Bertz CT molecular complexity index is 638. The van der Waals surface area contributed by atoms with Crippen molar-refractivity contribution in [2.24, 2.45) is 0 Å². The molecule has 5 heteroatoms. The minimum atomic E-state index is -0.620. The molecule has 2 aromatic rings. The molecule has 0 aromatic heterocycles. The van der Waals surface area contributed by atoms with E-state index >= 15 is 0 Å². The van der Waals surface area contributed by atoms with Crippen molar-refractivity contribution >= 4 is 21.9 Å². The van der Waals surface area contributed by atoms with Crippen molar-refractivity contribution in [3.8, 4) is 22.6 Å². The predicted molar refractivity (Wildman–Crippen MR) is 79.1 cm³/mol. The van der Waals surface area contributed by atoms with E-state index in [1.165, 1.54) is 14.2 Å². The van der Waals surface area contributed by atoms with Gasteiger partial charge < -0.3 is 14.6 Å². The van der Waals surface area contributed by atoms with Gasteiger partial charge in [-0.15, -0.1) is 0 Å². The van der Waals surface area contributed by atoms with Crippen LogP contribution in [0.25, 0.3) is 11.1 Å². The van der Waals surface area contributed by atoms with E-state index in [1.807, 2.05) is 30.3 Å². The van der Waals surface area contributed by atoms with E-state index < -0.39 is 5.97 Å². The van der Waals surface area contributed by atoms with Crippen LogP contribution in [0.5, 0.6) is 11.5 Å². The number of phenolic OH excluding ortho intramolecular Hbond substituents is 1. The van der Waals surface area contributed by atoms with Gasteiger partial charge in [0.1, 0.15) is 5.56 Å². The Kier molecular flexibility index (Phi) is 4.29. The molecule has 0 spiro atoms. The smallest absolute Gasteiger partial charge is 0.341 e. The molecule has 0 amide bonds. The lowest BCUT2D eigenvalue weighted by Crippen LogP contribution is -2.04. The topological polar surface area (TPSA) is 55.8 Å². The van der Waals surface area contributed by atoms with Crippen LogP contribution < -0.4 is 4.74 Å². The molecule has 0 saturated heterocycles. The summed E-state index contributed by atoms with van der Waals surface area (Å²) in [5, 5.41) is 10.1. The molecule has 4 nitrogen and oxygen atoms in total. The molecule has 0 aliphatic rings. The second-order valence-corrected chi connectivity index (χ2v) is 4.82. The highest BCUT2D eigenvalue weighted by Gasteiger charge is 2.22. The van der Waals surface area contributed by atoms with E-state index in [1.54, 1.807) is 6.07 Å². The summed E-state index contributed by atoms with van der Waals surface area (Å²) in [6.45, 7) is 0. The lowest BCUT2D eigenvalue weighted by molar-refractivity contribution is 0.0597. The molecule has 0 aliphatic carbocycles. The summed E-state index contributed by atoms with van der Waals surface area (Å²) in [6.07, 6.45) is 0. The van der Waals surface area contributed by atoms with Crippen LogP contribution in [-0.4, -0.2) is 25.3 Å². The molecule has 0 heterocycles. The van der Waals surface area contributed by atoms with Crippen LogP contribution in [0, 0.1) is 0 Å². The van der Waals surface area contributed by atoms with Gasteiger partial charge in [-0.25, -0.2) is 4.79 Å². The highest BCUT2D eigenvalue weighted by Crippen LogP contribution is 2.44. The number of ether oxygens (including phenoxy) is 2. The third-order valence-electron chi connectivity index (χ3n) is 2.89. The van der Waals surface area contributed by atoms with Crippen LogP contribution in [0.2, 0.25) is 0 Å². The largest absolute Gasteiger partial charge is 0.504 e. The molecule has 0 saturated carbocycles. The molecule has 20 heavy (non-hydrogen) atoms. The summed E-state index contributed by atoms with van der Waals surface area (Å²) in [7, 11) is 2.69. The van der Waals surface area contributed by atoms with Crippen LogP contribution in [0.1, 0.15) is 10.4 Å². The highest BCUT2D eigenvalue weighted by atomic mass is 79.9. The summed E-state index contributed by atoms with van der Waals surface area (Å²) in [5.74, 6) is -0.664. The van der Waals surface area contributed by atoms with Gasteiger partial charge in [0.05, 0.1) is 18.7 Å². The van der Waals surface area contributed by atoms with Gasteiger partial charge in [-0.2, -0.15) is 0 Å². The van der Waals surface area contributed by atoms with Gasteiger partial charge in [0, 0.05) is 5.56 Å². The van der Waals surface area contributed by atoms with Crippen molar-refractivity contribution in [2.75, 3.05) is 14.2 Å². The molecule has 0 unspecified atom stereocenters. The number of phenols is 1. The molecule has 0 aliphatic heterocycles. The van der Waals surface area contributed by atoms with Gasteiger partial charge in [0.25, 0.3) is 0 Å². The Morgan fingerprint density at radius 3 is 2.40 bits per heavy atom. The average Bonchev–Trinajstić information content (AvgIpc) is 2.48. The number of rotatable bonds is 3. The first-order valence-electron chi connectivity index (χ1n) is 5.83. The number of hydrogen-bond acceptors (Lipinski definition) is 4. The number of benzene rings is 2. The monoisotopic (exact) mass is 336 g/mol. The number of methoxy groups -OCH3 is 2. The molecule has 0 atom stereocenters. The number of carbonyl (C=O) groups excluding carboxylic acids is 1. The molecular formula is C15H13BrO4. The fraction of sp³-hybridized carbons (Fsp3) is 0.133. The van der Waals surface area contributed by atoms with Crippen LogP contribution in [-0.2, 0) is 4.74 Å². The Balaban J connectivity index is 2.72. The molecule has 1 N–H and O–H groups in total. The van der Waals surface area contributed by atoms with E-state index in [4.69, 9.17) is 4.74 Å². The van der Waals surface area contributed by atoms with Crippen molar-refractivity contribution < 1.29 is 19.4 Å². The molecular weight excluding hydrogens is 324 g/mol. The first-order chi connectivity index (χ1) is 9.60. The number of aromatic hydroxyl groups is 1. The molecule has 104 valence electrons. The predicted octanol–water partition coefficient (Wildman–Crippen LogP) is 3.62. The Morgan fingerprint density at radius 1 is 1.20 bits per heavy atom. The SMILES string of the molecule is COC(=O)c1cc(-c2ccccc2)c(Br)c(OC)c1O. The maximum atomic E-state index is 11.7. The Morgan fingerprint density at radius 2 is 1.85 bits per heavy atom. The minimum absolute atomic E-state index is 0.0615. The van der Waals surface area contributed by atoms with Crippen molar-refractivity contribution in [3.63, 3.8) is 0 Å². The van der Waals surface area contributed by atoms with Gasteiger partial charge in [-0.1, -0.05) is 30.3 Å². The Hall–Kier alpha value is -2.01. The molecule has 0 fully saturated rings. The second kappa shape index (κ2) is 5.96. The molecule has 0 bridgehead atoms. The quantitative estimate of drug-likeness (QED) is 0.870. The number of halogens is 1. The van der Waals surface area contributed by atoms with E-state index in [-0.39, 0.29) is 17.1 Å². The van der Waals surface area contributed by atoms with Gasteiger partial charge in [-0.3, -0.25) is 0 Å². The number of hydrogen-bond donors (Lipinski definition) is 1. The first kappa shape index (κ1) is 14.4. The summed E-state index contributed by atoms with van der Waals surface area (Å²) in [6, 6.07) is 11.0. The third kappa shape index (κ3) is 2.49. The molecule has 0 radical (unpaired) electrons. The fourth-order valence-electron chi connectivity index (χ4n) is 1.90. The number of carbonyl (C=O) groups is 1. The molecule has 2 aromatic carbocycles.